The van der Waals surface area contributed by atoms with Gasteiger partial charge in [-0.3, -0.25) is 4.79 Å². The number of alkyl halides is 3. The molecule has 2 heterocycles. The molecule has 318 valence electrons. The Kier molecular flexibility index (Phi) is 18.2. The molecule has 0 aromatic heterocycles. The summed E-state index contributed by atoms with van der Waals surface area (Å²) in [4.78, 5) is 39.6. The molecule has 0 unspecified atom stereocenters. The second kappa shape index (κ2) is 22.8. The highest BCUT2D eigenvalue weighted by molar-refractivity contribution is 5.89. The molecule has 2 aliphatic rings. The van der Waals surface area contributed by atoms with E-state index in [4.69, 9.17) is 18.9 Å². The molecule has 2 saturated heterocycles. The summed E-state index contributed by atoms with van der Waals surface area (Å²) in [7, 11) is 0. The molecule has 2 fully saturated rings. The number of benzene rings is 2. The smallest absolute Gasteiger partial charge is 0.416 e. The number of ether oxygens (including phenoxy) is 4. The molecule has 2 aliphatic heterocycles. The van der Waals surface area contributed by atoms with Crippen molar-refractivity contribution < 1.29 is 66.9 Å². The number of hydrogen-bond acceptors (Lipinski definition) is 11. The Labute approximate surface area is 329 Å². The van der Waals surface area contributed by atoms with Crippen molar-refractivity contribution in [3.05, 3.63) is 65.7 Å². The van der Waals surface area contributed by atoms with Gasteiger partial charge in [-0.25, -0.2) is 9.59 Å². The van der Waals surface area contributed by atoms with E-state index >= 15 is 0 Å². The number of unbranched alkanes of at least 4 members (excludes halogenated alkanes) is 7. The zero-order chi connectivity index (χ0) is 41.4. The van der Waals surface area contributed by atoms with Gasteiger partial charge in [0.2, 0.25) is 5.91 Å². The number of anilines is 1. The lowest BCUT2D eigenvalue weighted by atomic mass is 9.93. The highest BCUT2D eigenvalue weighted by Gasteiger charge is 2.50. The summed E-state index contributed by atoms with van der Waals surface area (Å²) in [6.07, 6.45) is -6.70. The van der Waals surface area contributed by atoms with Gasteiger partial charge in [0.25, 0.3) is 0 Å². The minimum Gasteiger partial charge on any atom is -0.445 e. The molecule has 2 aromatic rings. The summed E-state index contributed by atoms with van der Waals surface area (Å²) in [5, 5.41) is 52.4. The van der Waals surface area contributed by atoms with Crippen molar-refractivity contribution in [1.29, 1.82) is 0 Å². The third-order valence-electron chi connectivity index (χ3n) is 9.84. The van der Waals surface area contributed by atoms with Crippen LogP contribution in [0.2, 0.25) is 0 Å². The zero-order valence-corrected chi connectivity index (χ0v) is 31.9. The molecule has 4 rings (SSSR count). The predicted octanol–water partition coefficient (Wildman–Crippen LogP) is 3.72. The SMILES string of the molecule is CCCCCCCCCCC(=O)N[C@@H]1[C@H](O[C@@H]2O[C@H](CO)[C@@H](O)[C@H](O)[C@H]2NC(=O)OCc2ccccc2)[C@@H](NC(=O)Nc2cccc(C(F)(F)F)c2)CO[C@@H]1CO. The third-order valence-corrected chi connectivity index (χ3v) is 9.84. The molecule has 18 heteroatoms. The molecule has 9 atom stereocenters. The first-order valence-electron chi connectivity index (χ1n) is 19.4. The molecular formula is C39H55F3N4O11. The van der Waals surface area contributed by atoms with Crippen molar-refractivity contribution in [2.75, 3.05) is 25.1 Å². The number of halogens is 3. The van der Waals surface area contributed by atoms with Gasteiger partial charge in [0.15, 0.2) is 6.29 Å². The van der Waals surface area contributed by atoms with Crippen LogP contribution in [0.1, 0.15) is 75.8 Å². The molecular weight excluding hydrogens is 757 g/mol. The number of nitrogens with one attached hydrogen (secondary N) is 4. The number of rotatable bonds is 19. The van der Waals surface area contributed by atoms with Gasteiger partial charge < -0.3 is 60.6 Å². The van der Waals surface area contributed by atoms with Crippen molar-refractivity contribution in [2.45, 2.75) is 132 Å². The average Bonchev–Trinajstić information content (AvgIpc) is 3.19. The first kappa shape index (κ1) is 45.7. The van der Waals surface area contributed by atoms with Crippen LogP contribution in [-0.2, 0) is 36.5 Å². The zero-order valence-electron chi connectivity index (χ0n) is 31.9. The van der Waals surface area contributed by atoms with Gasteiger partial charge in [0.1, 0.15) is 43.2 Å². The van der Waals surface area contributed by atoms with Crippen LogP contribution in [0.25, 0.3) is 0 Å². The van der Waals surface area contributed by atoms with E-state index in [0.29, 0.717) is 12.0 Å². The Morgan fingerprint density at radius 2 is 1.51 bits per heavy atom. The van der Waals surface area contributed by atoms with E-state index in [9.17, 15) is 48.0 Å². The molecule has 0 saturated carbocycles. The maximum absolute atomic E-state index is 13.4. The Morgan fingerprint density at radius 1 is 0.825 bits per heavy atom. The van der Waals surface area contributed by atoms with Crippen LogP contribution in [0.15, 0.2) is 54.6 Å². The van der Waals surface area contributed by atoms with Crippen molar-refractivity contribution in [3.63, 3.8) is 0 Å². The van der Waals surface area contributed by atoms with Crippen LogP contribution in [0.4, 0.5) is 28.4 Å². The lowest BCUT2D eigenvalue weighted by molar-refractivity contribution is -0.294. The fourth-order valence-electron chi connectivity index (χ4n) is 6.73. The topological polar surface area (TPSA) is 217 Å². The normalized spacial score (nSPS) is 26.3. The molecule has 0 spiro atoms. The lowest BCUT2D eigenvalue weighted by Crippen LogP contribution is -2.70. The largest absolute Gasteiger partial charge is 0.445 e. The number of aliphatic hydroxyl groups is 4. The second-order valence-corrected chi connectivity index (χ2v) is 14.2. The summed E-state index contributed by atoms with van der Waals surface area (Å²) in [5.41, 5.74) is -0.528. The Bertz CT molecular complexity index is 1540. The molecule has 15 nitrogen and oxygen atoms in total. The average molecular weight is 813 g/mol. The van der Waals surface area contributed by atoms with Gasteiger partial charge in [-0.15, -0.1) is 0 Å². The highest BCUT2D eigenvalue weighted by atomic mass is 19.4. The quantitative estimate of drug-likeness (QED) is 0.0957. The van der Waals surface area contributed by atoms with Gasteiger partial charge >= 0.3 is 18.3 Å². The van der Waals surface area contributed by atoms with Crippen LogP contribution >= 0.6 is 0 Å². The summed E-state index contributed by atoms with van der Waals surface area (Å²) in [6.45, 7) is 0.250. The van der Waals surface area contributed by atoms with E-state index in [-0.39, 0.29) is 25.3 Å². The number of carbonyl (C=O) groups is 3. The monoisotopic (exact) mass is 812 g/mol. The molecule has 2 aromatic carbocycles. The van der Waals surface area contributed by atoms with Crippen LogP contribution in [0.3, 0.4) is 0 Å². The number of amides is 4. The first-order valence-corrected chi connectivity index (χ1v) is 19.4. The highest BCUT2D eigenvalue weighted by Crippen LogP contribution is 2.31. The minimum atomic E-state index is -4.67. The Morgan fingerprint density at radius 3 is 2.18 bits per heavy atom. The van der Waals surface area contributed by atoms with Crippen molar-refractivity contribution in [3.8, 4) is 0 Å². The van der Waals surface area contributed by atoms with Gasteiger partial charge in [0.05, 0.1) is 37.5 Å². The van der Waals surface area contributed by atoms with Crippen LogP contribution < -0.4 is 21.3 Å². The molecule has 0 radical (unpaired) electrons. The number of urea groups is 1. The van der Waals surface area contributed by atoms with E-state index in [0.717, 1.165) is 56.7 Å². The number of carbonyl (C=O) groups excluding carboxylic acids is 3. The van der Waals surface area contributed by atoms with Crippen LogP contribution in [0.5, 0.6) is 0 Å². The first-order chi connectivity index (χ1) is 27.3. The summed E-state index contributed by atoms with van der Waals surface area (Å²) >= 11 is 0. The van der Waals surface area contributed by atoms with E-state index in [1.54, 1.807) is 30.3 Å². The fraction of sp³-hybridized carbons (Fsp3) is 0.615. The molecule has 0 bridgehead atoms. The summed E-state index contributed by atoms with van der Waals surface area (Å²) in [6, 6.07) is 7.74. The molecule has 8 N–H and O–H groups in total. The number of alkyl carbamates (subject to hydrolysis) is 1. The number of hydrogen-bond donors (Lipinski definition) is 8. The standard InChI is InChI=1S/C39H55F3N4O11/c1-2-3-4-5-6-7-8-12-18-30(49)45-31-28(20-47)54-23-27(44-37(52)43-26-17-13-16-25(19-26)39(40,41)42)35(31)57-36-32(34(51)33(50)29(21-48)56-36)46-38(53)55-22-24-14-10-9-11-15-24/h9-11,13-17,19,27-29,31-36,47-48,50-51H,2-8,12,18,20-23H2,1H3,(H,45,49)(H,46,53)(H2,43,44,52)/t27-,28+,29+,31-,32+,33+,34+,35+,36-/m0/s1. The van der Waals surface area contributed by atoms with E-state index in [2.05, 4.69) is 28.2 Å². The van der Waals surface area contributed by atoms with Gasteiger partial charge in [-0.1, -0.05) is 88.3 Å². The van der Waals surface area contributed by atoms with Gasteiger partial charge in [-0.2, -0.15) is 13.2 Å². The van der Waals surface area contributed by atoms with E-state index in [1.807, 2.05) is 0 Å². The Hall–Kier alpha value is -4.04. The van der Waals surface area contributed by atoms with Crippen molar-refractivity contribution >= 4 is 23.7 Å². The van der Waals surface area contributed by atoms with E-state index < -0.39 is 97.9 Å². The van der Waals surface area contributed by atoms with Gasteiger partial charge in [0, 0.05) is 12.1 Å². The van der Waals surface area contributed by atoms with E-state index in [1.165, 1.54) is 12.5 Å². The van der Waals surface area contributed by atoms with Crippen molar-refractivity contribution in [1.82, 2.24) is 16.0 Å². The summed E-state index contributed by atoms with van der Waals surface area (Å²) in [5.74, 6) is -0.428. The minimum absolute atomic E-state index is 0.110. The maximum Gasteiger partial charge on any atom is 0.416 e. The predicted molar refractivity (Wildman–Crippen MR) is 200 cm³/mol. The molecule has 0 aliphatic carbocycles. The molecule has 57 heavy (non-hydrogen) atoms. The van der Waals surface area contributed by atoms with Crippen LogP contribution in [-0.4, -0.2) is 113 Å². The number of aliphatic hydroxyl groups excluding tert-OH is 4. The van der Waals surface area contributed by atoms with Gasteiger partial charge in [-0.05, 0) is 30.2 Å². The van der Waals surface area contributed by atoms with Crippen molar-refractivity contribution in [2.24, 2.45) is 0 Å². The fourth-order valence-corrected chi connectivity index (χ4v) is 6.73. The second-order valence-electron chi connectivity index (χ2n) is 14.2. The van der Waals surface area contributed by atoms with Crippen LogP contribution in [0, 0.1) is 0 Å². The lowest BCUT2D eigenvalue weighted by Gasteiger charge is -2.47. The molecule has 4 amide bonds. The maximum atomic E-state index is 13.4. The Balaban J connectivity index is 1.56. The third kappa shape index (κ3) is 14.1. The summed E-state index contributed by atoms with van der Waals surface area (Å²) < 4.78 is 63.4.